The van der Waals surface area contributed by atoms with Gasteiger partial charge >= 0.3 is 0 Å². The van der Waals surface area contributed by atoms with E-state index >= 15 is 0 Å². The Balaban J connectivity index is 1.17. The third-order valence-electron chi connectivity index (χ3n) is 9.53. The second-order valence-electron chi connectivity index (χ2n) is 12.0. The Labute approximate surface area is 265 Å². The summed E-state index contributed by atoms with van der Waals surface area (Å²) in [7, 11) is 0. The maximum absolute atomic E-state index is 14.2. The molecule has 1 saturated heterocycles. The minimum absolute atomic E-state index is 0.0141. The van der Waals surface area contributed by atoms with Gasteiger partial charge in [0, 0.05) is 38.2 Å². The van der Waals surface area contributed by atoms with Crippen LogP contribution in [0.4, 0.5) is 5.69 Å². The average molecular weight is 662 g/mol. The van der Waals surface area contributed by atoms with Crippen molar-refractivity contribution >= 4 is 56.1 Å². The zero-order chi connectivity index (χ0) is 31.1. The highest BCUT2D eigenvalue weighted by molar-refractivity contribution is 9.10. The number of aromatic nitrogens is 1. The van der Waals surface area contributed by atoms with Gasteiger partial charge in [-0.3, -0.25) is 24.1 Å². The summed E-state index contributed by atoms with van der Waals surface area (Å²) >= 11 is 3.47. The minimum Gasteiger partial charge on any atom is -0.508 e. The number of allylic oxidation sites excluding steroid dienone is 6. The van der Waals surface area contributed by atoms with E-state index in [0.717, 1.165) is 11.1 Å². The Kier molecular flexibility index (Phi) is 6.19. The third kappa shape index (κ3) is 4.14. The molecule has 222 valence electrons. The van der Waals surface area contributed by atoms with E-state index in [9.17, 15) is 24.3 Å². The molecule has 1 N–H and O–H groups in total. The first kappa shape index (κ1) is 27.6. The van der Waals surface area contributed by atoms with Crippen LogP contribution in [0.15, 0.2) is 110 Å². The van der Waals surface area contributed by atoms with Crippen molar-refractivity contribution in [3.05, 3.63) is 111 Å². The molecule has 4 atom stereocenters. The fourth-order valence-corrected chi connectivity index (χ4v) is 7.88. The highest BCUT2D eigenvalue weighted by Crippen LogP contribution is 2.56. The van der Waals surface area contributed by atoms with Crippen LogP contribution in [0.1, 0.15) is 31.2 Å². The summed E-state index contributed by atoms with van der Waals surface area (Å²) in [6.07, 6.45) is 3.77. The van der Waals surface area contributed by atoms with E-state index in [-0.39, 0.29) is 35.6 Å². The van der Waals surface area contributed by atoms with Gasteiger partial charge in [-0.05, 0) is 86.4 Å². The van der Waals surface area contributed by atoms with Gasteiger partial charge in [0.25, 0.3) is 0 Å². The monoisotopic (exact) mass is 660 g/mol. The zero-order valence-corrected chi connectivity index (χ0v) is 25.6. The second-order valence-corrected chi connectivity index (χ2v) is 12.9. The summed E-state index contributed by atoms with van der Waals surface area (Å²) in [5.74, 6) is -3.25. The van der Waals surface area contributed by atoms with Crippen LogP contribution in [0.5, 0.6) is 5.75 Å². The standard InChI is InChI=1S/C36H25BrN2O6/c1-17-14-28(41)32-25(33(17)42)16-23-21(30(32)24-15-19(37)8-13-27(24)40)11-12-22-31(23)36(44)39(35(22)43)20-9-6-18(7-10-20)34-38-26-4-2-3-5-29(26)45-34/h2-11,13-15,22-23,30-31,40H,12,16H2,1H3. The molecule has 2 heterocycles. The summed E-state index contributed by atoms with van der Waals surface area (Å²) in [4.78, 5) is 60.8. The predicted molar refractivity (Wildman–Crippen MR) is 169 cm³/mol. The van der Waals surface area contributed by atoms with E-state index in [2.05, 4.69) is 20.9 Å². The van der Waals surface area contributed by atoms with Crippen molar-refractivity contribution in [2.45, 2.75) is 25.7 Å². The van der Waals surface area contributed by atoms with Gasteiger partial charge in [0.1, 0.15) is 11.3 Å². The van der Waals surface area contributed by atoms with E-state index in [1.54, 1.807) is 49.4 Å². The van der Waals surface area contributed by atoms with Gasteiger partial charge in [-0.25, -0.2) is 4.98 Å². The molecule has 3 aromatic carbocycles. The molecule has 0 radical (unpaired) electrons. The summed E-state index contributed by atoms with van der Waals surface area (Å²) in [5.41, 5.74) is 4.84. The van der Waals surface area contributed by atoms with Crippen molar-refractivity contribution in [1.29, 1.82) is 0 Å². The number of imide groups is 1. The quantitative estimate of drug-likeness (QED) is 0.149. The van der Waals surface area contributed by atoms with Crippen molar-refractivity contribution in [3.63, 3.8) is 0 Å². The zero-order valence-electron chi connectivity index (χ0n) is 24.0. The molecular formula is C36H25BrN2O6. The number of phenols is 1. The number of nitrogens with zero attached hydrogens (tertiary/aromatic N) is 2. The number of ketones is 2. The lowest BCUT2D eigenvalue weighted by atomic mass is 9.59. The molecule has 1 fully saturated rings. The molecule has 4 aliphatic rings. The number of hydrogen-bond donors (Lipinski definition) is 1. The van der Waals surface area contributed by atoms with Crippen molar-refractivity contribution in [2.75, 3.05) is 4.90 Å². The fraction of sp³-hybridized carbons (Fsp3) is 0.194. The summed E-state index contributed by atoms with van der Waals surface area (Å²) in [6.45, 7) is 1.61. The van der Waals surface area contributed by atoms with Crippen LogP contribution in [0.3, 0.4) is 0 Å². The maximum Gasteiger partial charge on any atom is 0.238 e. The molecule has 8 rings (SSSR count). The van der Waals surface area contributed by atoms with E-state index in [0.29, 0.717) is 55.9 Å². The lowest BCUT2D eigenvalue weighted by molar-refractivity contribution is -0.123. The SMILES string of the molecule is CC1=CC(=O)C2=C(CC3C(=CCC4C(=O)N(c5ccc(-c6nc7ccccc7o6)cc5)C(=O)C43)C2c2cc(Br)ccc2O)C1=O. The number of benzene rings is 3. The predicted octanol–water partition coefficient (Wildman–Crippen LogP) is 6.60. The fourth-order valence-electron chi connectivity index (χ4n) is 7.50. The topological polar surface area (TPSA) is 118 Å². The number of aromatic hydroxyl groups is 1. The second kappa shape index (κ2) is 10.1. The number of Topliss-reactive ketones (excluding diaryl/α,β-unsaturated/α-hetero) is 1. The van der Waals surface area contributed by atoms with Gasteiger partial charge in [-0.2, -0.15) is 0 Å². The molecule has 9 heteroatoms. The van der Waals surface area contributed by atoms with Gasteiger partial charge in [-0.15, -0.1) is 0 Å². The van der Waals surface area contributed by atoms with Gasteiger partial charge in [-0.1, -0.05) is 39.7 Å². The van der Waals surface area contributed by atoms with Crippen LogP contribution in [0.2, 0.25) is 0 Å². The number of hydrogen-bond acceptors (Lipinski definition) is 7. The normalized spacial score (nSPS) is 24.4. The number of carbonyl (C=O) groups is 4. The van der Waals surface area contributed by atoms with Gasteiger partial charge < -0.3 is 9.52 Å². The van der Waals surface area contributed by atoms with Gasteiger partial charge in [0.2, 0.25) is 17.7 Å². The van der Waals surface area contributed by atoms with E-state index < -0.39 is 23.7 Å². The lowest BCUT2D eigenvalue weighted by Gasteiger charge is -2.42. The number of halogens is 1. The van der Waals surface area contributed by atoms with Gasteiger partial charge in [0.05, 0.1) is 17.5 Å². The smallest absolute Gasteiger partial charge is 0.238 e. The lowest BCUT2D eigenvalue weighted by Crippen LogP contribution is -2.39. The van der Waals surface area contributed by atoms with Crippen molar-refractivity contribution in [3.8, 4) is 17.2 Å². The number of amides is 2. The Morgan fingerprint density at radius 1 is 0.956 bits per heavy atom. The molecule has 2 amide bonds. The minimum atomic E-state index is -0.717. The summed E-state index contributed by atoms with van der Waals surface area (Å²) < 4.78 is 6.58. The molecule has 4 unspecified atom stereocenters. The van der Waals surface area contributed by atoms with Crippen molar-refractivity contribution in [1.82, 2.24) is 4.98 Å². The van der Waals surface area contributed by atoms with E-state index in [4.69, 9.17) is 4.42 Å². The summed E-state index contributed by atoms with van der Waals surface area (Å²) in [6, 6.07) is 19.4. The Morgan fingerprint density at radius 2 is 1.73 bits per heavy atom. The summed E-state index contributed by atoms with van der Waals surface area (Å²) in [5, 5.41) is 11.0. The number of oxazole rings is 1. The molecular weight excluding hydrogens is 636 g/mol. The van der Waals surface area contributed by atoms with E-state index in [1.807, 2.05) is 30.3 Å². The van der Waals surface area contributed by atoms with Crippen LogP contribution in [0, 0.1) is 17.8 Å². The van der Waals surface area contributed by atoms with Gasteiger partial charge in [0.15, 0.2) is 17.1 Å². The molecule has 8 nitrogen and oxygen atoms in total. The van der Waals surface area contributed by atoms with Crippen molar-refractivity contribution < 1.29 is 28.7 Å². The van der Waals surface area contributed by atoms with Crippen LogP contribution < -0.4 is 4.90 Å². The average Bonchev–Trinajstić information content (AvgIpc) is 3.58. The third-order valence-corrected chi connectivity index (χ3v) is 10.0. The molecule has 0 bridgehead atoms. The van der Waals surface area contributed by atoms with Crippen LogP contribution in [-0.4, -0.2) is 33.5 Å². The highest BCUT2D eigenvalue weighted by atomic mass is 79.9. The van der Waals surface area contributed by atoms with Crippen LogP contribution >= 0.6 is 15.9 Å². The molecule has 3 aliphatic carbocycles. The molecule has 1 aliphatic heterocycles. The Hall–Kier alpha value is -4.89. The van der Waals surface area contributed by atoms with Crippen LogP contribution in [0.25, 0.3) is 22.6 Å². The first-order valence-corrected chi connectivity index (χ1v) is 15.5. The largest absolute Gasteiger partial charge is 0.508 e. The Bertz CT molecular complexity index is 2070. The number of phenolic OH excluding ortho intramolecular Hbond substituents is 1. The first-order chi connectivity index (χ1) is 21.7. The maximum atomic E-state index is 14.2. The number of anilines is 1. The van der Waals surface area contributed by atoms with Crippen molar-refractivity contribution in [2.24, 2.45) is 17.8 Å². The molecule has 0 spiro atoms. The first-order valence-electron chi connectivity index (χ1n) is 14.7. The van der Waals surface area contributed by atoms with Crippen LogP contribution in [-0.2, 0) is 19.2 Å². The van der Waals surface area contributed by atoms with E-state index in [1.165, 1.54) is 11.0 Å². The highest BCUT2D eigenvalue weighted by Gasteiger charge is 2.56. The number of para-hydroxylation sites is 2. The number of carbonyl (C=O) groups excluding carboxylic acids is 4. The number of rotatable bonds is 3. The molecule has 4 aromatic rings. The molecule has 45 heavy (non-hydrogen) atoms. The molecule has 1 aromatic heterocycles. The molecule has 0 saturated carbocycles. The Morgan fingerprint density at radius 3 is 2.51 bits per heavy atom. The number of fused-ring (bicyclic) bond motifs is 4.